The zero-order valence-corrected chi connectivity index (χ0v) is 16.1. The van der Waals surface area contributed by atoms with E-state index in [4.69, 9.17) is 4.42 Å². The van der Waals surface area contributed by atoms with E-state index in [1.54, 1.807) is 31.5 Å². The fourth-order valence-corrected chi connectivity index (χ4v) is 3.55. The number of hydrogen-bond acceptors (Lipinski definition) is 5. The minimum Gasteiger partial charge on any atom is -0.468 e. The molecule has 2 heterocycles. The molecule has 0 amide bonds. The minimum absolute atomic E-state index is 0.104. The first-order valence-electron chi connectivity index (χ1n) is 9.63. The van der Waals surface area contributed by atoms with Crippen LogP contribution in [0.1, 0.15) is 36.6 Å². The first kappa shape index (κ1) is 19.9. The van der Waals surface area contributed by atoms with Crippen molar-refractivity contribution in [3.63, 3.8) is 0 Å². The van der Waals surface area contributed by atoms with Crippen LogP contribution in [0.25, 0.3) is 0 Å². The summed E-state index contributed by atoms with van der Waals surface area (Å²) in [5, 5.41) is 17.7. The molecule has 1 aromatic heterocycles. The Morgan fingerprint density at radius 2 is 2.00 bits per heavy atom. The van der Waals surface area contributed by atoms with Crippen molar-refractivity contribution in [1.29, 1.82) is 0 Å². The second-order valence-corrected chi connectivity index (χ2v) is 6.82. The molecule has 3 rings (SSSR count). The van der Waals surface area contributed by atoms with Gasteiger partial charge >= 0.3 is 0 Å². The van der Waals surface area contributed by atoms with Gasteiger partial charge in [-0.15, -0.1) is 0 Å². The van der Waals surface area contributed by atoms with Gasteiger partial charge in [-0.3, -0.25) is 20.0 Å². The van der Waals surface area contributed by atoms with Crippen LogP contribution in [0, 0.1) is 10.1 Å². The Bertz CT molecular complexity index is 785. The molecule has 0 spiro atoms. The number of nitro benzene ring substituents is 1. The van der Waals surface area contributed by atoms with Gasteiger partial charge in [-0.05, 0) is 38.1 Å². The highest BCUT2D eigenvalue weighted by atomic mass is 16.6. The second-order valence-electron chi connectivity index (χ2n) is 6.82. The Balaban J connectivity index is 1.61. The summed E-state index contributed by atoms with van der Waals surface area (Å²) >= 11 is 0. The monoisotopic (exact) mass is 385 g/mol. The predicted octanol–water partition coefficient (Wildman–Crippen LogP) is 3.08. The van der Waals surface area contributed by atoms with Crippen molar-refractivity contribution in [3.05, 3.63) is 64.1 Å². The summed E-state index contributed by atoms with van der Waals surface area (Å²) in [6, 6.07) is 10.8. The van der Waals surface area contributed by atoms with Gasteiger partial charge in [0, 0.05) is 31.8 Å². The van der Waals surface area contributed by atoms with E-state index in [2.05, 4.69) is 20.5 Å². The van der Waals surface area contributed by atoms with Crippen LogP contribution in [0.4, 0.5) is 5.69 Å². The quantitative estimate of drug-likeness (QED) is 0.329. The molecular formula is C20H27N5O3. The van der Waals surface area contributed by atoms with Crippen LogP contribution in [-0.4, -0.2) is 42.5 Å². The molecule has 8 nitrogen and oxygen atoms in total. The average Bonchev–Trinajstić information content (AvgIpc) is 3.26. The van der Waals surface area contributed by atoms with Gasteiger partial charge in [0.25, 0.3) is 5.69 Å². The highest BCUT2D eigenvalue weighted by Gasteiger charge is 2.24. The molecule has 0 saturated carbocycles. The third-order valence-electron chi connectivity index (χ3n) is 5.02. The first-order valence-corrected chi connectivity index (χ1v) is 9.63. The number of benzene rings is 1. The SMILES string of the molecule is CN=C(NCc1ccccc1[N+](=O)[O-])NCC(c1ccco1)N1CCCCC1. The maximum atomic E-state index is 11.2. The zero-order valence-electron chi connectivity index (χ0n) is 16.1. The van der Waals surface area contributed by atoms with Crippen LogP contribution < -0.4 is 10.6 Å². The molecule has 8 heteroatoms. The summed E-state index contributed by atoms with van der Waals surface area (Å²) in [7, 11) is 1.69. The standard InChI is InChI=1S/C20H27N5O3/c1-21-20(22-14-16-8-3-4-9-17(16)25(26)27)23-15-18(19-10-7-13-28-19)24-11-5-2-6-12-24/h3-4,7-10,13,18H,2,5-6,11-12,14-15H2,1H3,(H2,21,22,23). The van der Waals surface area contributed by atoms with Crippen LogP contribution in [-0.2, 0) is 6.54 Å². The van der Waals surface area contributed by atoms with E-state index in [-0.39, 0.29) is 16.7 Å². The molecule has 2 aromatic rings. The van der Waals surface area contributed by atoms with Gasteiger partial charge in [0.15, 0.2) is 5.96 Å². The molecular weight excluding hydrogens is 358 g/mol. The lowest BCUT2D eigenvalue weighted by Crippen LogP contribution is -2.44. The number of guanidine groups is 1. The number of nitro groups is 1. The maximum absolute atomic E-state index is 11.2. The number of piperidine rings is 1. The Morgan fingerprint density at radius 1 is 1.21 bits per heavy atom. The summed E-state index contributed by atoms with van der Waals surface area (Å²) in [4.78, 5) is 17.5. The number of nitrogens with zero attached hydrogens (tertiary/aromatic N) is 3. The lowest BCUT2D eigenvalue weighted by Gasteiger charge is -2.33. The van der Waals surface area contributed by atoms with Gasteiger partial charge in [-0.2, -0.15) is 0 Å². The van der Waals surface area contributed by atoms with E-state index in [1.165, 1.54) is 25.3 Å². The number of likely N-dealkylation sites (tertiary alicyclic amines) is 1. The largest absolute Gasteiger partial charge is 0.468 e. The Labute approximate surface area is 164 Å². The Morgan fingerprint density at radius 3 is 2.68 bits per heavy atom. The predicted molar refractivity (Wildman–Crippen MR) is 108 cm³/mol. The Kier molecular flexibility index (Phi) is 7.02. The van der Waals surface area contributed by atoms with Crippen molar-refractivity contribution >= 4 is 11.6 Å². The van der Waals surface area contributed by atoms with Crippen molar-refractivity contribution in [1.82, 2.24) is 15.5 Å². The second kappa shape index (κ2) is 9.89. The third-order valence-corrected chi connectivity index (χ3v) is 5.02. The summed E-state index contributed by atoms with van der Waals surface area (Å²) in [5.74, 6) is 1.54. The van der Waals surface area contributed by atoms with E-state index in [9.17, 15) is 10.1 Å². The van der Waals surface area contributed by atoms with Gasteiger partial charge in [-0.25, -0.2) is 0 Å². The third kappa shape index (κ3) is 5.10. The van der Waals surface area contributed by atoms with E-state index in [0.717, 1.165) is 18.8 Å². The van der Waals surface area contributed by atoms with Gasteiger partial charge < -0.3 is 15.1 Å². The molecule has 1 fully saturated rings. The topological polar surface area (TPSA) is 95.9 Å². The maximum Gasteiger partial charge on any atom is 0.274 e. The molecule has 0 bridgehead atoms. The number of aliphatic imine (C=N–C) groups is 1. The van der Waals surface area contributed by atoms with Crippen molar-refractivity contribution in [2.75, 3.05) is 26.7 Å². The number of hydrogen-bond donors (Lipinski definition) is 2. The van der Waals surface area contributed by atoms with Crippen LogP contribution in [0.3, 0.4) is 0 Å². The molecule has 0 aliphatic carbocycles. The van der Waals surface area contributed by atoms with Crippen LogP contribution in [0.5, 0.6) is 0 Å². The Hall–Kier alpha value is -2.87. The van der Waals surface area contributed by atoms with Crippen molar-refractivity contribution in [2.45, 2.75) is 31.8 Å². The smallest absolute Gasteiger partial charge is 0.274 e. The number of rotatable bonds is 7. The fourth-order valence-electron chi connectivity index (χ4n) is 3.55. The molecule has 1 unspecified atom stereocenters. The van der Waals surface area contributed by atoms with Gasteiger partial charge in [0.05, 0.1) is 17.2 Å². The van der Waals surface area contributed by atoms with Gasteiger partial charge in [0.2, 0.25) is 0 Å². The van der Waals surface area contributed by atoms with E-state index in [0.29, 0.717) is 24.6 Å². The number of para-hydroxylation sites is 1. The zero-order chi connectivity index (χ0) is 19.8. The fraction of sp³-hybridized carbons (Fsp3) is 0.450. The molecule has 1 aromatic carbocycles. The van der Waals surface area contributed by atoms with E-state index >= 15 is 0 Å². The first-order chi connectivity index (χ1) is 13.7. The van der Waals surface area contributed by atoms with Crippen molar-refractivity contribution < 1.29 is 9.34 Å². The molecule has 1 aliphatic rings. The van der Waals surface area contributed by atoms with Crippen molar-refractivity contribution in [2.24, 2.45) is 4.99 Å². The molecule has 1 saturated heterocycles. The normalized spacial score (nSPS) is 16.5. The lowest BCUT2D eigenvalue weighted by atomic mass is 10.1. The molecule has 1 aliphatic heterocycles. The number of furan rings is 1. The van der Waals surface area contributed by atoms with Gasteiger partial charge in [0.1, 0.15) is 5.76 Å². The summed E-state index contributed by atoms with van der Waals surface area (Å²) in [6.07, 6.45) is 5.37. The van der Waals surface area contributed by atoms with Crippen LogP contribution in [0.15, 0.2) is 52.1 Å². The van der Waals surface area contributed by atoms with E-state index < -0.39 is 0 Å². The molecule has 0 radical (unpaired) electrons. The van der Waals surface area contributed by atoms with Gasteiger partial charge in [-0.1, -0.05) is 24.6 Å². The lowest BCUT2D eigenvalue weighted by molar-refractivity contribution is -0.385. The van der Waals surface area contributed by atoms with E-state index in [1.807, 2.05) is 12.1 Å². The highest BCUT2D eigenvalue weighted by molar-refractivity contribution is 5.79. The van der Waals surface area contributed by atoms with Crippen LogP contribution in [0.2, 0.25) is 0 Å². The highest BCUT2D eigenvalue weighted by Crippen LogP contribution is 2.24. The summed E-state index contributed by atoms with van der Waals surface area (Å²) in [5.41, 5.74) is 0.723. The molecule has 28 heavy (non-hydrogen) atoms. The van der Waals surface area contributed by atoms with Crippen molar-refractivity contribution in [3.8, 4) is 0 Å². The summed E-state index contributed by atoms with van der Waals surface area (Å²) < 4.78 is 5.67. The molecule has 150 valence electrons. The molecule has 1 atom stereocenters. The average molecular weight is 385 g/mol. The summed E-state index contributed by atoms with van der Waals surface area (Å²) in [6.45, 7) is 3.07. The van der Waals surface area contributed by atoms with Crippen LogP contribution >= 0.6 is 0 Å². The number of nitrogens with one attached hydrogen (secondary N) is 2. The molecule has 2 N–H and O–H groups in total. The minimum atomic E-state index is -0.365.